The van der Waals surface area contributed by atoms with Crippen molar-refractivity contribution in [1.82, 2.24) is 9.80 Å². The van der Waals surface area contributed by atoms with Crippen LogP contribution < -0.4 is 0 Å². The van der Waals surface area contributed by atoms with Crippen molar-refractivity contribution in [2.45, 2.75) is 25.7 Å². The van der Waals surface area contributed by atoms with E-state index in [9.17, 15) is 18.3 Å². The number of hydrogen-bond acceptors (Lipinski definition) is 10. The topological polar surface area (TPSA) is 193 Å². The number of unbranched alkanes of at least 4 members (excludes halogenated alkanes) is 3. The average Bonchev–Trinajstić information content (AvgIpc) is 2.60. The molecule has 0 rings (SSSR count). The number of rotatable bonds is 19. The van der Waals surface area contributed by atoms with Crippen molar-refractivity contribution >= 4 is 33.0 Å². The fourth-order valence-corrected chi connectivity index (χ4v) is 2.93. The Labute approximate surface area is 165 Å². The van der Waals surface area contributed by atoms with E-state index in [2.05, 4.69) is 18.1 Å². The minimum absolute atomic E-state index is 0.240. The maximum absolute atomic E-state index is 10.6. The monoisotopic (exact) mass is 488 g/mol. The zero-order valence-corrected chi connectivity index (χ0v) is 18.4. The van der Waals surface area contributed by atoms with Crippen LogP contribution in [0.1, 0.15) is 25.7 Å². The predicted octanol–water partition coefficient (Wildman–Crippen LogP) is 1.65. The zero-order chi connectivity index (χ0) is 21.4. The molecule has 0 saturated heterocycles. The highest BCUT2D eigenvalue weighted by Crippen LogP contribution is 2.20. The van der Waals surface area contributed by atoms with Gasteiger partial charge in [-0.1, -0.05) is 12.8 Å². The lowest BCUT2D eigenvalue weighted by Crippen LogP contribution is -2.29. The van der Waals surface area contributed by atoms with Gasteiger partial charge in [0, 0.05) is 31.3 Å². The Bertz CT molecular complexity index is 433. The van der Waals surface area contributed by atoms with Gasteiger partial charge in [-0.2, -0.15) is 0 Å². The summed E-state index contributed by atoms with van der Waals surface area (Å²) in [6, 6.07) is 0. The molecule has 0 aromatic carbocycles. The molecular weight excluding hydrogens is 464 g/mol. The minimum Gasteiger partial charge on any atom is -0.249 e. The van der Waals surface area contributed by atoms with E-state index in [0.717, 1.165) is 12.8 Å². The summed E-state index contributed by atoms with van der Waals surface area (Å²) < 4.78 is 60.5. The molecule has 0 aromatic rings. The molecule has 4 unspecified atom stereocenters. The van der Waals surface area contributed by atoms with Crippen LogP contribution >= 0.6 is 33.0 Å². The zero-order valence-electron chi connectivity index (χ0n) is 14.8. The van der Waals surface area contributed by atoms with Crippen molar-refractivity contribution in [1.29, 1.82) is 0 Å². The van der Waals surface area contributed by atoms with Gasteiger partial charge in [-0.3, -0.25) is 0 Å². The van der Waals surface area contributed by atoms with E-state index >= 15 is 0 Å². The third-order valence-electron chi connectivity index (χ3n) is 3.10. The molecule has 0 amide bonds. The maximum atomic E-state index is 10.6. The summed E-state index contributed by atoms with van der Waals surface area (Å²) >= 11 is 0. The van der Waals surface area contributed by atoms with Crippen LogP contribution in [-0.2, 0) is 36.4 Å². The van der Waals surface area contributed by atoms with Gasteiger partial charge in [0.15, 0.2) is 26.9 Å². The molecule has 0 radical (unpaired) electrons. The second-order valence-corrected chi connectivity index (χ2v) is 8.12. The molecule has 0 aliphatic heterocycles. The summed E-state index contributed by atoms with van der Waals surface area (Å²) in [6.45, 7) is -0.186. The summed E-state index contributed by atoms with van der Waals surface area (Å²) in [6.07, 6.45) is 2.72. The first-order valence-corrected chi connectivity index (χ1v) is 12.3. The van der Waals surface area contributed by atoms with Gasteiger partial charge in [0.25, 0.3) is 0 Å². The third kappa shape index (κ3) is 19.3. The summed E-state index contributed by atoms with van der Waals surface area (Å²) in [5, 5.41) is 0. The Morgan fingerprint density at radius 3 is 0.964 bits per heavy atom. The molecule has 162 valence electrons. The smallest absolute Gasteiger partial charge is 0.249 e. The second-order valence-electron chi connectivity index (χ2n) is 5.19. The van der Waals surface area contributed by atoms with E-state index in [1.807, 2.05) is 0 Å². The van der Waals surface area contributed by atoms with Gasteiger partial charge in [0.1, 0.15) is 0 Å². The Morgan fingerprint density at radius 2 is 0.750 bits per heavy atom. The van der Waals surface area contributed by atoms with Gasteiger partial charge in [-0.05, 0) is 12.8 Å². The van der Waals surface area contributed by atoms with Gasteiger partial charge < -0.3 is 0 Å². The molecule has 0 aliphatic carbocycles. The largest absolute Gasteiger partial charge is 0.696 e. The van der Waals surface area contributed by atoms with Crippen molar-refractivity contribution in [3.05, 3.63) is 0 Å². The lowest BCUT2D eigenvalue weighted by Gasteiger charge is -2.16. The van der Waals surface area contributed by atoms with E-state index in [1.165, 1.54) is 9.80 Å². The van der Waals surface area contributed by atoms with Crippen LogP contribution in [0.2, 0.25) is 0 Å². The van der Waals surface area contributed by atoms with Gasteiger partial charge >= 0.3 is 33.0 Å². The standard InChI is InChI=1S/C10H20N2O12P4/c13-25(14)21-7-11(8-22-26(15)16)5-3-1-2-4-6-12(9-23-27(17)18)10-24-28(19)20/h1-10H2/p+4. The van der Waals surface area contributed by atoms with Gasteiger partial charge in [0.2, 0.25) is 0 Å². The Kier molecular flexibility index (Phi) is 17.8. The van der Waals surface area contributed by atoms with Crippen molar-refractivity contribution in [2.75, 3.05) is 40.0 Å². The van der Waals surface area contributed by atoms with E-state index in [-0.39, 0.29) is 26.9 Å². The van der Waals surface area contributed by atoms with Gasteiger partial charge in [-0.25, -0.2) is 9.80 Å². The van der Waals surface area contributed by atoms with Crippen LogP contribution in [-0.4, -0.2) is 69.4 Å². The molecule has 0 spiro atoms. The molecule has 14 nitrogen and oxygen atoms in total. The molecule has 0 bridgehead atoms. The fraction of sp³-hybridized carbons (Fsp3) is 1.00. The summed E-state index contributed by atoms with van der Waals surface area (Å²) in [7, 11) is -11.2. The van der Waals surface area contributed by atoms with Crippen molar-refractivity contribution in [3.8, 4) is 0 Å². The second kappa shape index (κ2) is 17.8. The Morgan fingerprint density at radius 1 is 0.500 bits per heavy atom. The number of hydrogen-bond donors (Lipinski definition) is 4. The average molecular weight is 488 g/mol. The molecule has 18 heteroatoms. The molecule has 0 aromatic heterocycles. The maximum Gasteiger partial charge on any atom is 0.696 e. The van der Waals surface area contributed by atoms with E-state index in [1.54, 1.807) is 0 Å². The first kappa shape index (κ1) is 28.0. The van der Waals surface area contributed by atoms with Gasteiger partial charge in [0.05, 0.1) is 0 Å². The molecule has 28 heavy (non-hydrogen) atoms. The third-order valence-corrected chi connectivity index (χ3v) is 4.45. The quantitative estimate of drug-likeness (QED) is 0.116. The molecule has 4 atom stereocenters. The van der Waals surface area contributed by atoms with Crippen LogP contribution in [0.15, 0.2) is 0 Å². The normalized spacial score (nSPS) is 13.8. The highest BCUT2D eigenvalue weighted by atomic mass is 31.1. The first-order valence-electron chi connectivity index (χ1n) is 7.81. The highest BCUT2D eigenvalue weighted by Gasteiger charge is 2.21. The van der Waals surface area contributed by atoms with Crippen molar-refractivity contribution in [2.24, 2.45) is 0 Å². The van der Waals surface area contributed by atoms with Crippen LogP contribution in [0.25, 0.3) is 0 Å². The Hall–Kier alpha value is -0.000000000000000132. The number of nitrogens with zero attached hydrogens (tertiary/aromatic N) is 2. The molecule has 0 heterocycles. The fourth-order valence-electron chi connectivity index (χ4n) is 1.88. The lowest BCUT2D eigenvalue weighted by atomic mass is 10.2. The summed E-state index contributed by atoms with van der Waals surface area (Å²) in [5.74, 6) is 0. The van der Waals surface area contributed by atoms with Crippen molar-refractivity contribution < 1.29 is 55.9 Å². The summed E-state index contributed by atoms with van der Waals surface area (Å²) in [4.78, 5) is 37.5. The van der Waals surface area contributed by atoms with Crippen LogP contribution in [0, 0.1) is 0 Å². The SMILES string of the molecule is O=[P+](O)OCN(CCCCCCN(CO[P+](=O)O)CO[P+](=O)O)CO[P+](=O)O. The summed E-state index contributed by atoms with van der Waals surface area (Å²) in [5.41, 5.74) is 0. The van der Waals surface area contributed by atoms with Crippen LogP contribution in [0.5, 0.6) is 0 Å². The van der Waals surface area contributed by atoms with Crippen LogP contribution in [0.4, 0.5) is 0 Å². The molecule has 0 fully saturated rings. The minimum atomic E-state index is -2.80. The van der Waals surface area contributed by atoms with E-state index in [4.69, 9.17) is 19.6 Å². The predicted molar refractivity (Wildman–Crippen MR) is 95.0 cm³/mol. The molecular formula is C10H24N2O12P4+4. The molecule has 4 N–H and O–H groups in total. The van der Waals surface area contributed by atoms with Gasteiger partial charge in [-0.15, -0.1) is 37.7 Å². The molecule has 0 aliphatic rings. The van der Waals surface area contributed by atoms with E-state index < -0.39 is 33.0 Å². The first-order chi connectivity index (χ1) is 13.2. The molecule has 0 saturated carbocycles. The van der Waals surface area contributed by atoms with Crippen LogP contribution in [0.3, 0.4) is 0 Å². The highest BCUT2D eigenvalue weighted by molar-refractivity contribution is 7.32. The lowest BCUT2D eigenvalue weighted by molar-refractivity contribution is 0.0458. The Balaban J connectivity index is 4.10. The van der Waals surface area contributed by atoms with E-state index in [0.29, 0.717) is 25.9 Å². The van der Waals surface area contributed by atoms with Crippen molar-refractivity contribution in [3.63, 3.8) is 0 Å².